The first-order valence-electron chi connectivity index (χ1n) is 8.74. The Hall–Kier alpha value is -1.88. The van der Waals surface area contributed by atoms with Crippen molar-refractivity contribution in [1.29, 1.82) is 0 Å². The molecule has 1 amide bonds. The molecule has 0 saturated heterocycles. The maximum absolute atomic E-state index is 12.2. The van der Waals surface area contributed by atoms with Crippen molar-refractivity contribution >= 4 is 22.9 Å². The maximum atomic E-state index is 12.2. The highest BCUT2D eigenvalue weighted by atomic mass is 32.1. The first-order chi connectivity index (χ1) is 11.7. The Morgan fingerprint density at radius 3 is 2.62 bits per heavy atom. The zero-order valence-electron chi connectivity index (χ0n) is 14.2. The molecule has 4 nitrogen and oxygen atoms in total. The predicted molar refractivity (Wildman–Crippen MR) is 99.1 cm³/mol. The summed E-state index contributed by atoms with van der Waals surface area (Å²) in [5.41, 5.74) is 1.85. The van der Waals surface area contributed by atoms with Crippen LogP contribution < -0.4 is 10.1 Å². The number of carbonyl (C=O) groups is 1. The average Bonchev–Trinajstić information content (AvgIpc) is 2.79. The molecule has 2 aromatic rings. The lowest BCUT2D eigenvalue weighted by molar-refractivity contribution is -0.115. The molecule has 5 heteroatoms. The van der Waals surface area contributed by atoms with Crippen LogP contribution in [0.3, 0.4) is 0 Å². The van der Waals surface area contributed by atoms with Crippen molar-refractivity contribution in [3.63, 3.8) is 0 Å². The van der Waals surface area contributed by atoms with Gasteiger partial charge in [0, 0.05) is 23.8 Å². The molecule has 1 aromatic carbocycles. The van der Waals surface area contributed by atoms with Gasteiger partial charge in [0.05, 0.1) is 12.5 Å². The molecule has 1 heterocycles. The lowest BCUT2D eigenvalue weighted by Gasteiger charge is -2.08. The molecule has 1 fully saturated rings. The molecule has 1 saturated carbocycles. The smallest absolute Gasteiger partial charge is 0.230 e. The molecule has 0 atom stereocenters. The van der Waals surface area contributed by atoms with Crippen LogP contribution in [-0.4, -0.2) is 16.5 Å². The van der Waals surface area contributed by atoms with Crippen LogP contribution >= 0.6 is 11.3 Å². The second-order valence-corrected chi connectivity index (χ2v) is 7.27. The number of rotatable bonds is 4. The maximum Gasteiger partial charge on any atom is 0.230 e. The van der Waals surface area contributed by atoms with Gasteiger partial charge in [-0.3, -0.25) is 9.79 Å². The highest BCUT2D eigenvalue weighted by molar-refractivity contribution is 7.07. The third kappa shape index (κ3) is 4.57. The highest BCUT2D eigenvalue weighted by Crippen LogP contribution is 2.19. The van der Waals surface area contributed by atoms with E-state index in [9.17, 15) is 4.79 Å². The van der Waals surface area contributed by atoms with Crippen LogP contribution in [0.4, 0.5) is 5.69 Å². The van der Waals surface area contributed by atoms with Gasteiger partial charge in [-0.25, -0.2) is 0 Å². The zero-order valence-corrected chi connectivity index (χ0v) is 15.0. The van der Waals surface area contributed by atoms with Crippen LogP contribution in [0.15, 0.2) is 40.7 Å². The van der Waals surface area contributed by atoms with Crippen molar-refractivity contribution in [2.45, 2.75) is 51.0 Å². The number of anilines is 1. The third-order valence-electron chi connectivity index (χ3n) is 4.54. The molecule has 0 aliphatic heterocycles. The topological polar surface area (TPSA) is 46.4 Å². The third-order valence-corrected chi connectivity index (χ3v) is 5.52. The fraction of sp³-hybridized carbons (Fsp3) is 0.474. The summed E-state index contributed by atoms with van der Waals surface area (Å²) in [5.74, 6) is 0.00983. The largest absolute Gasteiger partial charge is 0.326 e. The summed E-state index contributed by atoms with van der Waals surface area (Å²) in [4.78, 5) is 18.2. The van der Waals surface area contributed by atoms with Gasteiger partial charge < -0.3 is 9.88 Å². The molecule has 0 bridgehead atoms. The van der Waals surface area contributed by atoms with Crippen molar-refractivity contribution in [3.05, 3.63) is 46.2 Å². The molecule has 1 N–H and O–H groups in total. The van der Waals surface area contributed by atoms with Crippen molar-refractivity contribution in [1.82, 2.24) is 4.57 Å². The number of nitrogens with zero attached hydrogens (tertiary/aromatic N) is 2. The molecule has 24 heavy (non-hydrogen) atoms. The van der Waals surface area contributed by atoms with E-state index >= 15 is 0 Å². The van der Waals surface area contributed by atoms with Crippen LogP contribution in [0.1, 0.15) is 44.2 Å². The summed E-state index contributed by atoms with van der Waals surface area (Å²) in [6.45, 7) is 0. The van der Waals surface area contributed by atoms with Crippen LogP contribution in [-0.2, 0) is 18.3 Å². The van der Waals surface area contributed by atoms with Gasteiger partial charge in [0.25, 0.3) is 0 Å². The van der Waals surface area contributed by atoms with Gasteiger partial charge in [0.15, 0.2) is 4.80 Å². The van der Waals surface area contributed by atoms with Crippen molar-refractivity contribution in [2.24, 2.45) is 12.0 Å². The van der Waals surface area contributed by atoms with Crippen LogP contribution in [0.5, 0.6) is 0 Å². The van der Waals surface area contributed by atoms with E-state index in [2.05, 4.69) is 15.3 Å². The van der Waals surface area contributed by atoms with Gasteiger partial charge >= 0.3 is 0 Å². The number of thiazole rings is 1. The Bertz CT molecular complexity index is 725. The van der Waals surface area contributed by atoms with E-state index in [0.717, 1.165) is 16.2 Å². The van der Waals surface area contributed by atoms with Crippen LogP contribution in [0.2, 0.25) is 0 Å². The van der Waals surface area contributed by atoms with Gasteiger partial charge in [0.1, 0.15) is 0 Å². The summed E-state index contributed by atoms with van der Waals surface area (Å²) in [6.07, 6.45) is 8.03. The van der Waals surface area contributed by atoms with E-state index in [4.69, 9.17) is 4.99 Å². The molecule has 128 valence electrons. The molecule has 0 radical (unpaired) electrons. The summed E-state index contributed by atoms with van der Waals surface area (Å²) in [5, 5.41) is 4.99. The average molecular weight is 343 g/mol. The highest BCUT2D eigenvalue weighted by Gasteiger charge is 2.12. The second kappa shape index (κ2) is 8.29. The number of nitrogens with one attached hydrogen (secondary N) is 1. The van der Waals surface area contributed by atoms with Gasteiger partial charge in [-0.1, -0.05) is 43.9 Å². The number of benzene rings is 1. The molecular formula is C19H25N3OS. The Balaban J connectivity index is 1.67. The predicted octanol–water partition coefficient (Wildman–Crippen LogP) is 3.89. The molecule has 0 spiro atoms. The minimum Gasteiger partial charge on any atom is -0.326 e. The molecule has 3 rings (SSSR count). The van der Waals surface area contributed by atoms with E-state index in [1.165, 1.54) is 38.5 Å². The van der Waals surface area contributed by atoms with Gasteiger partial charge in [-0.2, -0.15) is 0 Å². The second-order valence-electron chi connectivity index (χ2n) is 6.43. The number of para-hydroxylation sites is 1. The minimum absolute atomic E-state index is 0.00983. The fourth-order valence-electron chi connectivity index (χ4n) is 3.11. The Kier molecular flexibility index (Phi) is 5.86. The molecule has 1 aromatic heterocycles. The van der Waals surface area contributed by atoms with Crippen molar-refractivity contribution in [3.8, 4) is 0 Å². The van der Waals surface area contributed by atoms with Crippen LogP contribution in [0, 0.1) is 0 Å². The standard InChI is InChI=1S/C19H25N3OS/c1-22-17(13-18(23)20-15-9-7-4-8-10-15)14-24-19(22)21-16-11-5-2-3-6-12-16/h4,7-10,14,16H,2-3,5-6,11-13H2,1H3,(H,20,23). The number of aromatic nitrogens is 1. The summed E-state index contributed by atoms with van der Waals surface area (Å²) < 4.78 is 2.07. The number of amides is 1. The Labute approximate surface area is 147 Å². The number of hydrogen-bond acceptors (Lipinski definition) is 3. The molecule has 0 unspecified atom stereocenters. The fourth-order valence-corrected chi connectivity index (χ4v) is 4.08. The summed E-state index contributed by atoms with van der Waals surface area (Å²) >= 11 is 1.64. The molecule has 1 aliphatic rings. The zero-order chi connectivity index (χ0) is 16.8. The van der Waals surface area contributed by atoms with E-state index in [1.54, 1.807) is 11.3 Å². The van der Waals surface area contributed by atoms with E-state index < -0.39 is 0 Å². The van der Waals surface area contributed by atoms with Gasteiger partial charge in [-0.05, 0) is 25.0 Å². The number of hydrogen-bond donors (Lipinski definition) is 1. The van der Waals surface area contributed by atoms with E-state index in [1.807, 2.05) is 37.4 Å². The summed E-state index contributed by atoms with van der Waals surface area (Å²) in [6, 6.07) is 10.0. The summed E-state index contributed by atoms with van der Waals surface area (Å²) in [7, 11) is 2.01. The van der Waals surface area contributed by atoms with Gasteiger partial charge in [0.2, 0.25) is 5.91 Å². The van der Waals surface area contributed by atoms with Crippen molar-refractivity contribution < 1.29 is 4.79 Å². The lowest BCUT2D eigenvalue weighted by Crippen LogP contribution is -2.21. The van der Waals surface area contributed by atoms with E-state index in [0.29, 0.717) is 12.5 Å². The quantitative estimate of drug-likeness (QED) is 0.841. The molecule has 1 aliphatic carbocycles. The normalized spacial score (nSPS) is 16.8. The SMILES string of the molecule is Cn1c(CC(=O)Nc2ccccc2)csc1=NC1CCCCCC1. The Morgan fingerprint density at radius 1 is 1.21 bits per heavy atom. The number of carbonyl (C=O) groups excluding carboxylic acids is 1. The monoisotopic (exact) mass is 343 g/mol. The van der Waals surface area contributed by atoms with Gasteiger partial charge in [-0.15, -0.1) is 11.3 Å². The first kappa shape index (κ1) is 17.0. The minimum atomic E-state index is 0.00983. The van der Waals surface area contributed by atoms with E-state index in [-0.39, 0.29) is 5.91 Å². The van der Waals surface area contributed by atoms with Crippen molar-refractivity contribution in [2.75, 3.05) is 5.32 Å². The van der Waals surface area contributed by atoms with Crippen LogP contribution in [0.25, 0.3) is 0 Å². The Morgan fingerprint density at radius 2 is 1.92 bits per heavy atom. The first-order valence-corrected chi connectivity index (χ1v) is 9.62. The molecular weight excluding hydrogens is 318 g/mol. The lowest BCUT2D eigenvalue weighted by atomic mass is 10.1.